The fourth-order valence-corrected chi connectivity index (χ4v) is 1.96. The Kier molecular flexibility index (Phi) is 1.44. The third-order valence-electron chi connectivity index (χ3n) is 2.55. The van der Waals surface area contributed by atoms with Crippen LogP contribution in [-0.2, 0) is 4.74 Å². The van der Waals surface area contributed by atoms with Crippen molar-refractivity contribution in [3.8, 4) is 0 Å². The highest BCUT2D eigenvalue weighted by molar-refractivity contribution is 4.93. The van der Waals surface area contributed by atoms with Crippen molar-refractivity contribution in [1.29, 1.82) is 0 Å². The minimum absolute atomic E-state index is 0.0741. The van der Waals surface area contributed by atoms with Crippen molar-refractivity contribution in [3.63, 3.8) is 0 Å². The molecule has 0 aromatic carbocycles. The van der Waals surface area contributed by atoms with Crippen LogP contribution in [-0.4, -0.2) is 35.1 Å². The third-order valence-corrected chi connectivity index (χ3v) is 2.55. The van der Waals surface area contributed by atoms with Crippen molar-refractivity contribution in [2.75, 3.05) is 6.61 Å². The van der Waals surface area contributed by atoms with E-state index in [9.17, 15) is 10.2 Å². The van der Waals surface area contributed by atoms with Crippen molar-refractivity contribution in [2.45, 2.75) is 31.2 Å². The van der Waals surface area contributed by atoms with Gasteiger partial charge in [-0.2, -0.15) is 0 Å². The lowest BCUT2D eigenvalue weighted by atomic mass is 10.0. The normalized spacial score (nSPS) is 53.4. The minimum atomic E-state index is -0.331. The zero-order valence-electron chi connectivity index (χ0n) is 5.73. The molecule has 1 aliphatic heterocycles. The summed E-state index contributed by atoms with van der Waals surface area (Å²) in [4.78, 5) is 0. The van der Waals surface area contributed by atoms with E-state index in [0.29, 0.717) is 6.61 Å². The summed E-state index contributed by atoms with van der Waals surface area (Å²) in [5, 5.41) is 18.6. The molecule has 1 saturated carbocycles. The highest BCUT2D eigenvalue weighted by atomic mass is 16.5. The molecule has 1 aliphatic carbocycles. The molecule has 0 aromatic heterocycles. The van der Waals surface area contributed by atoms with E-state index < -0.39 is 0 Å². The second kappa shape index (κ2) is 2.19. The zero-order valence-corrected chi connectivity index (χ0v) is 5.73. The Bertz CT molecular complexity index is 121. The van der Waals surface area contributed by atoms with Gasteiger partial charge in [-0.1, -0.05) is 0 Å². The maximum Gasteiger partial charge on any atom is 0.0888 e. The molecule has 2 fully saturated rings. The van der Waals surface area contributed by atoms with Gasteiger partial charge in [-0.05, 0) is 12.8 Å². The molecular weight excluding hydrogens is 132 g/mol. The minimum Gasteiger partial charge on any atom is -0.390 e. The van der Waals surface area contributed by atoms with E-state index in [1.165, 1.54) is 0 Å². The molecule has 2 rings (SSSR count). The molecule has 58 valence electrons. The lowest BCUT2D eigenvalue weighted by Gasteiger charge is -2.11. The van der Waals surface area contributed by atoms with Crippen LogP contribution in [0.15, 0.2) is 0 Å². The lowest BCUT2D eigenvalue weighted by Crippen LogP contribution is -2.25. The van der Waals surface area contributed by atoms with Crippen LogP contribution in [0.2, 0.25) is 0 Å². The number of fused-ring (bicyclic) bond motifs is 1. The van der Waals surface area contributed by atoms with E-state index in [0.717, 1.165) is 12.8 Å². The van der Waals surface area contributed by atoms with Gasteiger partial charge >= 0.3 is 0 Å². The molecule has 0 aromatic rings. The summed E-state index contributed by atoms with van der Waals surface area (Å²) in [5.74, 6) is 0.204. The van der Waals surface area contributed by atoms with E-state index in [4.69, 9.17) is 4.74 Å². The summed E-state index contributed by atoms with van der Waals surface area (Å²) in [5.41, 5.74) is 0. The van der Waals surface area contributed by atoms with Crippen LogP contribution < -0.4 is 0 Å². The van der Waals surface area contributed by atoms with E-state index in [2.05, 4.69) is 0 Å². The Balaban J connectivity index is 2.09. The largest absolute Gasteiger partial charge is 0.390 e. The molecule has 0 unspecified atom stereocenters. The number of rotatable bonds is 0. The monoisotopic (exact) mass is 144 g/mol. The van der Waals surface area contributed by atoms with E-state index in [1.807, 2.05) is 0 Å². The molecule has 0 radical (unpaired) electrons. The SMILES string of the molecule is O[C@@H]1CO[C@H]2[C@@H]1CC[C@@H]2O. The number of ether oxygens (including phenoxy) is 1. The van der Waals surface area contributed by atoms with Crippen molar-refractivity contribution in [2.24, 2.45) is 5.92 Å². The van der Waals surface area contributed by atoms with Gasteiger partial charge in [0.1, 0.15) is 0 Å². The summed E-state index contributed by atoms with van der Waals surface area (Å²) < 4.78 is 5.20. The van der Waals surface area contributed by atoms with Crippen molar-refractivity contribution in [3.05, 3.63) is 0 Å². The fourth-order valence-electron chi connectivity index (χ4n) is 1.96. The molecule has 1 heterocycles. The number of aliphatic hydroxyl groups excluding tert-OH is 2. The Morgan fingerprint density at radius 3 is 2.60 bits per heavy atom. The first kappa shape index (κ1) is 6.58. The number of hydrogen-bond donors (Lipinski definition) is 2. The fraction of sp³-hybridized carbons (Fsp3) is 1.00. The molecular formula is C7H12O3. The first-order chi connectivity index (χ1) is 4.79. The van der Waals surface area contributed by atoms with Gasteiger partial charge < -0.3 is 14.9 Å². The van der Waals surface area contributed by atoms with Crippen LogP contribution in [0.5, 0.6) is 0 Å². The van der Waals surface area contributed by atoms with E-state index in [1.54, 1.807) is 0 Å². The molecule has 4 atom stereocenters. The van der Waals surface area contributed by atoms with Gasteiger partial charge in [0, 0.05) is 5.92 Å². The molecule has 0 spiro atoms. The zero-order chi connectivity index (χ0) is 7.14. The quantitative estimate of drug-likeness (QED) is 0.482. The highest BCUT2D eigenvalue weighted by Crippen LogP contribution is 2.35. The topological polar surface area (TPSA) is 49.7 Å². The van der Waals surface area contributed by atoms with Gasteiger partial charge in [0.2, 0.25) is 0 Å². The number of aliphatic hydroxyl groups is 2. The highest BCUT2D eigenvalue weighted by Gasteiger charge is 2.44. The average Bonchev–Trinajstić information content (AvgIpc) is 2.41. The Morgan fingerprint density at radius 2 is 1.90 bits per heavy atom. The molecule has 1 saturated heterocycles. The molecule has 0 bridgehead atoms. The van der Waals surface area contributed by atoms with Gasteiger partial charge in [-0.25, -0.2) is 0 Å². The molecule has 3 heteroatoms. The van der Waals surface area contributed by atoms with Crippen molar-refractivity contribution < 1.29 is 14.9 Å². The van der Waals surface area contributed by atoms with Crippen LogP contribution in [0, 0.1) is 5.92 Å². The van der Waals surface area contributed by atoms with Crippen LogP contribution in [0.3, 0.4) is 0 Å². The smallest absolute Gasteiger partial charge is 0.0888 e. The molecule has 2 aliphatic rings. The lowest BCUT2D eigenvalue weighted by molar-refractivity contribution is 0.00484. The summed E-state index contributed by atoms with van der Waals surface area (Å²) in [6.07, 6.45) is 0.957. The van der Waals surface area contributed by atoms with Crippen molar-refractivity contribution in [1.82, 2.24) is 0 Å². The van der Waals surface area contributed by atoms with Gasteiger partial charge in [-0.3, -0.25) is 0 Å². The Hall–Kier alpha value is -0.120. The summed E-state index contributed by atoms with van der Waals surface area (Å²) in [6, 6.07) is 0. The van der Waals surface area contributed by atoms with Gasteiger partial charge in [-0.15, -0.1) is 0 Å². The predicted octanol–water partition coefficient (Wildman–Crippen LogP) is -0.483. The van der Waals surface area contributed by atoms with Crippen molar-refractivity contribution >= 4 is 0 Å². The van der Waals surface area contributed by atoms with Gasteiger partial charge in [0.25, 0.3) is 0 Å². The molecule has 0 amide bonds. The first-order valence-electron chi connectivity index (χ1n) is 3.77. The number of hydrogen-bond acceptors (Lipinski definition) is 3. The molecule has 10 heavy (non-hydrogen) atoms. The summed E-state index contributed by atoms with van der Waals surface area (Å²) in [6.45, 7) is 0.409. The summed E-state index contributed by atoms with van der Waals surface area (Å²) in [7, 11) is 0. The maximum atomic E-state index is 9.28. The van der Waals surface area contributed by atoms with E-state index in [-0.39, 0.29) is 24.2 Å². The maximum absolute atomic E-state index is 9.28. The van der Waals surface area contributed by atoms with Crippen LogP contribution in [0.1, 0.15) is 12.8 Å². The Labute approximate surface area is 59.6 Å². The standard InChI is InChI=1S/C7H12O3/c8-5-2-1-4-6(9)3-10-7(4)5/h4-9H,1-3H2/t4-,5+,6-,7+/m1/s1. The van der Waals surface area contributed by atoms with Crippen LogP contribution in [0.25, 0.3) is 0 Å². The van der Waals surface area contributed by atoms with E-state index >= 15 is 0 Å². The van der Waals surface area contributed by atoms with Crippen LogP contribution in [0.4, 0.5) is 0 Å². The second-order valence-corrected chi connectivity index (χ2v) is 3.17. The average molecular weight is 144 g/mol. The van der Waals surface area contributed by atoms with Gasteiger partial charge in [0.05, 0.1) is 24.9 Å². The molecule has 3 nitrogen and oxygen atoms in total. The Morgan fingerprint density at radius 1 is 1.10 bits per heavy atom. The summed E-state index contributed by atoms with van der Waals surface area (Å²) >= 11 is 0. The third kappa shape index (κ3) is 0.779. The van der Waals surface area contributed by atoms with Gasteiger partial charge in [0.15, 0.2) is 0 Å². The predicted molar refractivity (Wildman–Crippen MR) is 34.5 cm³/mol. The second-order valence-electron chi connectivity index (χ2n) is 3.17. The van der Waals surface area contributed by atoms with Crippen LogP contribution >= 0.6 is 0 Å². The first-order valence-corrected chi connectivity index (χ1v) is 3.77. The molecule has 2 N–H and O–H groups in total.